The standard InChI is InChI=1S/C12H20O2/c1-14-12(13)8-11(9-4-2-5-9)10-6-3-7-10/h9-11H,2-8H2,1H3. The van der Waals surface area contributed by atoms with Gasteiger partial charge in [0.25, 0.3) is 0 Å². The first-order valence-electron chi connectivity index (χ1n) is 5.88. The van der Waals surface area contributed by atoms with Crippen LogP contribution < -0.4 is 0 Å². The van der Waals surface area contributed by atoms with E-state index >= 15 is 0 Å². The van der Waals surface area contributed by atoms with Crippen molar-refractivity contribution >= 4 is 5.97 Å². The molecule has 0 aliphatic heterocycles. The van der Waals surface area contributed by atoms with Gasteiger partial charge in [-0.05, 0) is 17.8 Å². The average Bonchev–Trinajstić information content (AvgIpc) is 1.97. The molecule has 0 atom stereocenters. The normalized spacial score (nSPS) is 23.0. The van der Waals surface area contributed by atoms with Gasteiger partial charge in [-0.1, -0.05) is 38.5 Å². The largest absolute Gasteiger partial charge is 0.469 e. The van der Waals surface area contributed by atoms with Gasteiger partial charge in [-0.2, -0.15) is 0 Å². The van der Waals surface area contributed by atoms with E-state index in [1.54, 1.807) is 0 Å². The number of carbonyl (C=O) groups is 1. The summed E-state index contributed by atoms with van der Waals surface area (Å²) in [4.78, 5) is 11.3. The molecule has 0 amide bonds. The molecule has 0 N–H and O–H groups in total. The smallest absolute Gasteiger partial charge is 0.305 e. The van der Waals surface area contributed by atoms with Crippen LogP contribution >= 0.6 is 0 Å². The number of methoxy groups -OCH3 is 1. The van der Waals surface area contributed by atoms with Gasteiger partial charge in [0.15, 0.2) is 0 Å². The lowest BCUT2D eigenvalue weighted by Crippen LogP contribution is -2.34. The second-order valence-corrected chi connectivity index (χ2v) is 4.83. The maximum absolute atomic E-state index is 11.3. The van der Waals surface area contributed by atoms with E-state index in [1.807, 2.05) is 0 Å². The van der Waals surface area contributed by atoms with Gasteiger partial charge in [0.1, 0.15) is 0 Å². The summed E-state index contributed by atoms with van der Waals surface area (Å²) in [5.41, 5.74) is 0. The van der Waals surface area contributed by atoms with Crippen LogP contribution in [0.3, 0.4) is 0 Å². The number of ether oxygens (including phenoxy) is 1. The highest BCUT2D eigenvalue weighted by atomic mass is 16.5. The van der Waals surface area contributed by atoms with Crippen molar-refractivity contribution in [2.24, 2.45) is 17.8 Å². The van der Waals surface area contributed by atoms with Gasteiger partial charge in [0.05, 0.1) is 7.11 Å². The summed E-state index contributed by atoms with van der Waals surface area (Å²) in [6.07, 6.45) is 8.79. The number of carbonyl (C=O) groups excluding carboxylic acids is 1. The quantitative estimate of drug-likeness (QED) is 0.646. The van der Waals surface area contributed by atoms with Gasteiger partial charge in [-0.25, -0.2) is 0 Å². The van der Waals surface area contributed by atoms with Gasteiger partial charge in [-0.3, -0.25) is 4.79 Å². The Labute approximate surface area is 86.0 Å². The minimum atomic E-state index is -0.00574. The third-order valence-electron chi connectivity index (χ3n) is 4.14. The zero-order valence-corrected chi connectivity index (χ0v) is 9.00. The second-order valence-electron chi connectivity index (χ2n) is 4.83. The molecule has 0 bridgehead atoms. The fourth-order valence-corrected chi connectivity index (χ4v) is 2.73. The minimum Gasteiger partial charge on any atom is -0.469 e. The topological polar surface area (TPSA) is 26.3 Å². The van der Waals surface area contributed by atoms with E-state index in [0.29, 0.717) is 12.3 Å². The van der Waals surface area contributed by atoms with Crippen LogP contribution in [0.1, 0.15) is 44.9 Å². The number of hydrogen-bond donors (Lipinski definition) is 0. The lowest BCUT2D eigenvalue weighted by atomic mass is 9.63. The Hall–Kier alpha value is -0.530. The van der Waals surface area contributed by atoms with Gasteiger partial charge < -0.3 is 4.74 Å². The van der Waals surface area contributed by atoms with Gasteiger partial charge in [0, 0.05) is 6.42 Å². The Morgan fingerprint density at radius 1 is 1.21 bits per heavy atom. The van der Waals surface area contributed by atoms with Crippen LogP contribution in [0, 0.1) is 17.8 Å². The van der Waals surface area contributed by atoms with Gasteiger partial charge in [-0.15, -0.1) is 0 Å². The molecule has 2 aliphatic rings. The molecule has 0 aromatic rings. The van der Waals surface area contributed by atoms with Crippen molar-refractivity contribution < 1.29 is 9.53 Å². The van der Waals surface area contributed by atoms with Crippen molar-refractivity contribution in [2.75, 3.05) is 7.11 Å². The van der Waals surface area contributed by atoms with Crippen molar-refractivity contribution in [3.05, 3.63) is 0 Å². The first-order chi connectivity index (χ1) is 6.81. The van der Waals surface area contributed by atoms with Crippen LogP contribution in [0.15, 0.2) is 0 Å². The molecule has 2 fully saturated rings. The second kappa shape index (κ2) is 4.33. The molecule has 80 valence electrons. The Bertz CT molecular complexity index is 190. The Balaban J connectivity index is 1.87. The van der Waals surface area contributed by atoms with Crippen molar-refractivity contribution in [1.82, 2.24) is 0 Å². The molecule has 0 aromatic carbocycles. The predicted octanol–water partition coefficient (Wildman–Crippen LogP) is 2.77. The molecule has 0 spiro atoms. The third-order valence-corrected chi connectivity index (χ3v) is 4.14. The van der Waals surface area contributed by atoms with Crippen molar-refractivity contribution in [3.8, 4) is 0 Å². The van der Waals surface area contributed by atoms with Crippen LogP contribution in [0.2, 0.25) is 0 Å². The molecule has 2 rings (SSSR count). The van der Waals surface area contributed by atoms with Crippen molar-refractivity contribution in [2.45, 2.75) is 44.9 Å². The van der Waals surface area contributed by atoms with Crippen LogP contribution in [0.4, 0.5) is 0 Å². The lowest BCUT2D eigenvalue weighted by molar-refractivity contribution is -0.143. The SMILES string of the molecule is COC(=O)CC(C1CCC1)C1CCC1. The molecule has 0 heterocycles. The molecule has 0 saturated heterocycles. The maximum atomic E-state index is 11.3. The molecule has 2 saturated carbocycles. The molecule has 2 nitrogen and oxygen atoms in total. The molecule has 0 radical (unpaired) electrons. The highest BCUT2D eigenvalue weighted by Crippen LogP contribution is 2.45. The summed E-state index contributed by atoms with van der Waals surface area (Å²) in [6.45, 7) is 0. The Morgan fingerprint density at radius 2 is 1.71 bits per heavy atom. The highest BCUT2D eigenvalue weighted by Gasteiger charge is 2.37. The van der Waals surface area contributed by atoms with Crippen LogP contribution in [-0.2, 0) is 9.53 Å². The molecule has 2 aliphatic carbocycles. The summed E-state index contributed by atoms with van der Waals surface area (Å²) >= 11 is 0. The van der Waals surface area contributed by atoms with Crippen LogP contribution in [0.25, 0.3) is 0 Å². The van der Waals surface area contributed by atoms with Crippen molar-refractivity contribution in [1.29, 1.82) is 0 Å². The molecule has 0 unspecified atom stereocenters. The Morgan fingerprint density at radius 3 is 2.00 bits per heavy atom. The first kappa shape index (κ1) is 10.0. The van der Waals surface area contributed by atoms with E-state index in [9.17, 15) is 4.79 Å². The fraction of sp³-hybridized carbons (Fsp3) is 0.917. The Kier molecular flexibility index (Phi) is 3.09. The number of hydrogen-bond acceptors (Lipinski definition) is 2. The first-order valence-corrected chi connectivity index (χ1v) is 5.88. The van der Waals surface area contributed by atoms with Crippen molar-refractivity contribution in [3.63, 3.8) is 0 Å². The summed E-state index contributed by atoms with van der Waals surface area (Å²) in [5, 5.41) is 0. The van der Waals surface area contributed by atoms with E-state index in [4.69, 9.17) is 4.74 Å². The van der Waals surface area contributed by atoms with Crippen LogP contribution in [0.5, 0.6) is 0 Å². The molecular weight excluding hydrogens is 176 g/mol. The molecule has 2 heteroatoms. The van der Waals surface area contributed by atoms with E-state index in [-0.39, 0.29) is 5.97 Å². The predicted molar refractivity (Wildman–Crippen MR) is 54.8 cm³/mol. The fourth-order valence-electron chi connectivity index (χ4n) is 2.73. The summed E-state index contributed by atoms with van der Waals surface area (Å²) in [7, 11) is 1.50. The van der Waals surface area contributed by atoms with E-state index in [2.05, 4.69) is 0 Å². The molecule has 0 aromatic heterocycles. The number of esters is 1. The van der Waals surface area contributed by atoms with E-state index in [1.165, 1.54) is 45.6 Å². The zero-order chi connectivity index (χ0) is 9.97. The average molecular weight is 196 g/mol. The summed E-state index contributed by atoms with van der Waals surface area (Å²) < 4.78 is 4.78. The minimum absolute atomic E-state index is 0.00574. The molecular formula is C12H20O2. The summed E-state index contributed by atoms with van der Waals surface area (Å²) in [6, 6.07) is 0. The number of rotatable bonds is 4. The van der Waals surface area contributed by atoms with Gasteiger partial charge in [0.2, 0.25) is 0 Å². The summed E-state index contributed by atoms with van der Waals surface area (Å²) in [5.74, 6) is 2.30. The monoisotopic (exact) mass is 196 g/mol. The highest BCUT2D eigenvalue weighted by molar-refractivity contribution is 5.69. The van der Waals surface area contributed by atoms with Gasteiger partial charge >= 0.3 is 5.97 Å². The zero-order valence-electron chi connectivity index (χ0n) is 9.00. The molecule has 14 heavy (non-hydrogen) atoms. The van der Waals surface area contributed by atoms with Crippen LogP contribution in [-0.4, -0.2) is 13.1 Å². The van der Waals surface area contributed by atoms with E-state index in [0.717, 1.165) is 11.8 Å². The third kappa shape index (κ3) is 1.94. The maximum Gasteiger partial charge on any atom is 0.305 e. The van der Waals surface area contributed by atoms with E-state index < -0.39 is 0 Å². The lowest BCUT2D eigenvalue weighted by Gasteiger charge is -2.42.